The molecule has 1 aromatic carbocycles. The van der Waals surface area contributed by atoms with E-state index in [0.717, 1.165) is 50.1 Å². The van der Waals surface area contributed by atoms with Crippen LogP contribution in [0.4, 0.5) is 0 Å². The molecule has 28 heavy (non-hydrogen) atoms. The second kappa shape index (κ2) is 10.5. The van der Waals surface area contributed by atoms with Crippen LogP contribution in [0.3, 0.4) is 0 Å². The monoisotopic (exact) mass is 388 g/mol. The number of ether oxygens (including phenoxy) is 3. The molecule has 0 aromatic heterocycles. The number of esters is 1. The van der Waals surface area contributed by atoms with Gasteiger partial charge in [-0.3, -0.25) is 9.80 Å². The molecular formula is C22H32N2O4. The normalized spacial score (nSPS) is 25.2. The fraction of sp³-hybridized carbons (Fsp3) is 0.636. The molecule has 0 bridgehead atoms. The highest BCUT2D eigenvalue weighted by molar-refractivity contribution is 5.81. The lowest BCUT2D eigenvalue weighted by atomic mass is 9.81. The Kier molecular flexibility index (Phi) is 7.71. The molecule has 2 aliphatic rings. The van der Waals surface area contributed by atoms with Crippen molar-refractivity contribution >= 4 is 11.9 Å². The molecule has 2 heterocycles. The van der Waals surface area contributed by atoms with Gasteiger partial charge in [0.2, 0.25) is 5.90 Å². The largest absolute Gasteiger partial charge is 0.480 e. The zero-order chi connectivity index (χ0) is 19.8. The van der Waals surface area contributed by atoms with Crippen molar-refractivity contribution in [1.82, 2.24) is 5.01 Å². The number of nitrogens with zero attached hydrogens (tertiary/aromatic N) is 2. The van der Waals surface area contributed by atoms with Crippen molar-refractivity contribution in [3.63, 3.8) is 0 Å². The van der Waals surface area contributed by atoms with Gasteiger partial charge in [0.25, 0.3) is 0 Å². The van der Waals surface area contributed by atoms with Crippen LogP contribution in [-0.2, 0) is 19.0 Å². The number of hydrogen-bond donors (Lipinski definition) is 0. The van der Waals surface area contributed by atoms with E-state index >= 15 is 0 Å². The Morgan fingerprint density at radius 1 is 1.21 bits per heavy atom. The van der Waals surface area contributed by atoms with E-state index in [9.17, 15) is 4.79 Å². The average Bonchev–Trinajstić information content (AvgIpc) is 3.02. The molecule has 1 aromatic rings. The minimum absolute atomic E-state index is 0.00558. The highest BCUT2D eigenvalue weighted by atomic mass is 16.5. The van der Waals surface area contributed by atoms with Crippen LogP contribution in [0.25, 0.3) is 0 Å². The number of carbonyl (C=O) groups excluding carboxylic acids is 1. The number of hydrazone groups is 1. The SMILES string of the molecule is COC[C@@H]1CCCN1/N=C1/OCCCC[C@H]1[C@@H](CC(=O)OC)c1ccccc1. The van der Waals surface area contributed by atoms with Gasteiger partial charge in [-0.15, -0.1) is 5.10 Å². The van der Waals surface area contributed by atoms with Gasteiger partial charge in [0.1, 0.15) is 0 Å². The first-order valence-electron chi connectivity index (χ1n) is 10.3. The lowest BCUT2D eigenvalue weighted by Gasteiger charge is -2.29. The summed E-state index contributed by atoms with van der Waals surface area (Å²) in [6.07, 6.45) is 5.55. The zero-order valence-electron chi connectivity index (χ0n) is 17.0. The van der Waals surface area contributed by atoms with E-state index in [-0.39, 0.29) is 17.8 Å². The summed E-state index contributed by atoms with van der Waals surface area (Å²) >= 11 is 0. The van der Waals surface area contributed by atoms with Gasteiger partial charge in [0.15, 0.2) is 0 Å². The Morgan fingerprint density at radius 3 is 2.79 bits per heavy atom. The Hall–Kier alpha value is -2.08. The Morgan fingerprint density at radius 2 is 2.04 bits per heavy atom. The zero-order valence-corrected chi connectivity index (χ0v) is 17.0. The minimum atomic E-state index is -0.198. The molecule has 2 fully saturated rings. The smallest absolute Gasteiger partial charge is 0.306 e. The Labute approximate surface area is 167 Å². The molecule has 0 radical (unpaired) electrons. The summed E-state index contributed by atoms with van der Waals surface area (Å²) < 4.78 is 16.5. The van der Waals surface area contributed by atoms with Crippen LogP contribution in [0.15, 0.2) is 35.4 Å². The van der Waals surface area contributed by atoms with E-state index in [1.54, 1.807) is 7.11 Å². The van der Waals surface area contributed by atoms with Crippen molar-refractivity contribution in [2.45, 2.75) is 50.5 Å². The molecule has 0 saturated carbocycles. The summed E-state index contributed by atoms with van der Waals surface area (Å²) in [7, 11) is 3.18. The van der Waals surface area contributed by atoms with Gasteiger partial charge in [0, 0.05) is 25.5 Å². The highest BCUT2D eigenvalue weighted by Crippen LogP contribution is 2.35. The third-order valence-electron chi connectivity index (χ3n) is 5.74. The molecule has 3 rings (SSSR count). The van der Waals surface area contributed by atoms with Gasteiger partial charge in [-0.1, -0.05) is 30.3 Å². The maximum atomic E-state index is 12.2. The topological polar surface area (TPSA) is 60.4 Å². The molecule has 154 valence electrons. The summed E-state index contributed by atoms with van der Waals surface area (Å²) in [5, 5.41) is 7.07. The molecule has 0 N–H and O–H groups in total. The van der Waals surface area contributed by atoms with Gasteiger partial charge in [-0.2, -0.15) is 0 Å². The lowest BCUT2D eigenvalue weighted by molar-refractivity contribution is -0.141. The van der Waals surface area contributed by atoms with Crippen LogP contribution in [0.2, 0.25) is 0 Å². The van der Waals surface area contributed by atoms with E-state index in [1.807, 2.05) is 18.2 Å². The summed E-state index contributed by atoms with van der Waals surface area (Å²) in [4.78, 5) is 12.2. The predicted molar refractivity (Wildman–Crippen MR) is 108 cm³/mol. The van der Waals surface area contributed by atoms with E-state index in [2.05, 4.69) is 17.1 Å². The fourth-order valence-electron chi connectivity index (χ4n) is 4.25. The maximum absolute atomic E-state index is 12.2. The molecule has 2 aliphatic heterocycles. The van der Waals surface area contributed by atoms with Gasteiger partial charge in [-0.25, -0.2) is 0 Å². The molecule has 3 atom stereocenters. The van der Waals surface area contributed by atoms with Crippen molar-refractivity contribution in [2.75, 3.05) is 34.0 Å². The minimum Gasteiger partial charge on any atom is -0.480 e. The van der Waals surface area contributed by atoms with E-state index < -0.39 is 0 Å². The highest BCUT2D eigenvalue weighted by Gasteiger charge is 2.34. The van der Waals surface area contributed by atoms with Crippen LogP contribution in [0, 0.1) is 5.92 Å². The van der Waals surface area contributed by atoms with Crippen LogP contribution in [-0.4, -0.2) is 56.9 Å². The van der Waals surface area contributed by atoms with E-state index in [4.69, 9.17) is 19.3 Å². The van der Waals surface area contributed by atoms with Gasteiger partial charge in [-0.05, 0) is 37.7 Å². The van der Waals surface area contributed by atoms with Crippen LogP contribution >= 0.6 is 0 Å². The lowest BCUT2D eigenvalue weighted by Crippen LogP contribution is -2.33. The summed E-state index contributed by atoms with van der Waals surface area (Å²) in [6, 6.07) is 10.5. The quantitative estimate of drug-likeness (QED) is 0.668. The Balaban J connectivity index is 1.90. The first kappa shape index (κ1) is 20.6. The third kappa shape index (κ3) is 5.25. The first-order chi connectivity index (χ1) is 13.7. The summed E-state index contributed by atoms with van der Waals surface area (Å²) in [5.41, 5.74) is 1.13. The fourth-order valence-corrected chi connectivity index (χ4v) is 4.25. The van der Waals surface area contributed by atoms with Crippen molar-refractivity contribution in [3.8, 4) is 0 Å². The second-order valence-corrected chi connectivity index (χ2v) is 7.60. The molecule has 6 nitrogen and oxygen atoms in total. The third-order valence-corrected chi connectivity index (χ3v) is 5.74. The van der Waals surface area contributed by atoms with Crippen molar-refractivity contribution < 1.29 is 19.0 Å². The van der Waals surface area contributed by atoms with Crippen molar-refractivity contribution in [3.05, 3.63) is 35.9 Å². The van der Waals surface area contributed by atoms with Crippen LogP contribution in [0.5, 0.6) is 0 Å². The molecular weight excluding hydrogens is 356 g/mol. The molecule has 0 spiro atoms. The summed E-state index contributed by atoms with van der Waals surface area (Å²) in [5.74, 6) is 0.621. The van der Waals surface area contributed by atoms with Crippen molar-refractivity contribution in [2.24, 2.45) is 11.0 Å². The number of methoxy groups -OCH3 is 2. The molecule has 0 amide bonds. The van der Waals surface area contributed by atoms with Gasteiger partial charge >= 0.3 is 5.97 Å². The number of hydrogen-bond acceptors (Lipinski definition) is 6. The average molecular weight is 389 g/mol. The molecule has 6 heteroatoms. The standard InChI is InChI=1S/C22H32N2O4/c1-26-16-18-11-8-13-24(18)23-22-19(12-6-7-14-28-22)20(15-21(25)27-2)17-9-4-3-5-10-17/h3-5,9-10,18-20H,6-8,11-16H2,1-2H3/b23-22+/t18-,19-,20-/m0/s1. The molecule has 2 saturated heterocycles. The predicted octanol–water partition coefficient (Wildman–Crippen LogP) is 3.57. The van der Waals surface area contributed by atoms with Gasteiger partial charge in [0.05, 0.1) is 32.8 Å². The van der Waals surface area contributed by atoms with E-state index in [0.29, 0.717) is 25.7 Å². The Bertz CT molecular complexity index is 649. The maximum Gasteiger partial charge on any atom is 0.306 e. The number of rotatable bonds is 7. The van der Waals surface area contributed by atoms with Crippen LogP contribution < -0.4 is 0 Å². The van der Waals surface area contributed by atoms with Crippen molar-refractivity contribution in [1.29, 1.82) is 0 Å². The second-order valence-electron chi connectivity index (χ2n) is 7.60. The number of carbonyl (C=O) groups is 1. The molecule has 0 unspecified atom stereocenters. The number of benzene rings is 1. The summed E-state index contributed by atoms with van der Waals surface area (Å²) in [6.45, 7) is 2.27. The van der Waals surface area contributed by atoms with E-state index in [1.165, 1.54) is 7.11 Å². The molecule has 0 aliphatic carbocycles. The first-order valence-corrected chi connectivity index (χ1v) is 10.3. The van der Waals surface area contributed by atoms with Gasteiger partial charge < -0.3 is 14.2 Å². The van der Waals surface area contributed by atoms with Crippen LogP contribution in [0.1, 0.15) is 50.0 Å².